The number of carbonyl (C=O) groups is 2. The van der Waals surface area contributed by atoms with Crippen LogP contribution in [0, 0.1) is 5.82 Å². The number of aromatic nitrogens is 1. The van der Waals surface area contributed by atoms with E-state index in [0.717, 1.165) is 10.9 Å². The second-order valence-electron chi connectivity index (χ2n) is 6.57. The number of anilines is 1. The molecule has 2 N–H and O–H groups in total. The number of para-hydroxylation sites is 1. The van der Waals surface area contributed by atoms with Gasteiger partial charge in [-0.3, -0.25) is 14.6 Å². The van der Waals surface area contributed by atoms with Crippen molar-refractivity contribution in [2.45, 2.75) is 18.9 Å². The number of ether oxygens (including phenoxy) is 1. The van der Waals surface area contributed by atoms with Gasteiger partial charge in [0, 0.05) is 10.9 Å². The van der Waals surface area contributed by atoms with E-state index >= 15 is 0 Å². The summed E-state index contributed by atoms with van der Waals surface area (Å²) in [5, 5.41) is 6.09. The molecular formula is C21H18FN3O3. The third-order valence-corrected chi connectivity index (χ3v) is 4.60. The first-order valence-electron chi connectivity index (χ1n) is 8.99. The first-order chi connectivity index (χ1) is 13.6. The largest absolute Gasteiger partial charge is 0.493 e. The predicted molar refractivity (Wildman–Crippen MR) is 102 cm³/mol. The summed E-state index contributed by atoms with van der Waals surface area (Å²) in [6.07, 6.45) is 2.72. The van der Waals surface area contributed by atoms with Crippen molar-refractivity contribution in [3.05, 3.63) is 66.1 Å². The lowest BCUT2D eigenvalue weighted by molar-refractivity contribution is -0.136. The van der Waals surface area contributed by atoms with E-state index in [9.17, 15) is 14.0 Å². The van der Waals surface area contributed by atoms with Crippen molar-refractivity contribution in [3.8, 4) is 5.75 Å². The average Bonchev–Trinajstić information content (AvgIpc) is 2.90. The van der Waals surface area contributed by atoms with Gasteiger partial charge < -0.3 is 15.4 Å². The fourth-order valence-electron chi connectivity index (χ4n) is 3.25. The fraction of sp³-hybridized carbons (Fsp3) is 0.190. The number of nitrogens with zero attached hydrogens (tertiary/aromatic N) is 1. The van der Waals surface area contributed by atoms with E-state index in [1.165, 1.54) is 24.4 Å². The van der Waals surface area contributed by atoms with Crippen LogP contribution in [-0.2, 0) is 9.59 Å². The van der Waals surface area contributed by atoms with Gasteiger partial charge in [-0.2, -0.15) is 0 Å². The molecule has 28 heavy (non-hydrogen) atoms. The van der Waals surface area contributed by atoms with Crippen LogP contribution in [0.4, 0.5) is 10.1 Å². The zero-order chi connectivity index (χ0) is 19.5. The first kappa shape index (κ1) is 17.9. The molecule has 1 aliphatic heterocycles. The minimum absolute atomic E-state index is 0.421. The smallest absolute Gasteiger partial charge is 0.313 e. The van der Waals surface area contributed by atoms with E-state index in [2.05, 4.69) is 15.6 Å². The molecule has 2 heterocycles. The second kappa shape index (κ2) is 7.64. The highest BCUT2D eigenvalue weighted by Crippen LogP contribution is 2.32. The van der Waals surface area contributed by atoms with E-state index in [4.69, 9.17) is 4.74 Å². The number of fused-ring (bicyclic) bond motifs is 2. The summed E-state index contributed by atoms with van der Waals surface area (Å²) in [7, 11) is 0. The lowest BCUT2D eigenvalue weighted by atomic mass is 10.0. The van der Waals surface area contributed by atoms with Gasteiger partial charge in [-0.25, -0.2) is 4.39 Å². The van der Waals surface area contributed by atoms with Gasteiger partial charge in [-0.1, -0.05) is 18.2 Å². The minimum atomic E-state index is -0.805. The Hall–Kier alpha value is -3.48. The molecule has 0 fully saturated rings. The van der Waals surface area contributed by atoms with Crippen LogP contribution in [0.5, 0.6) is 5.75 Å². The summed E-state index contributed by atoms with van der Waals surface area (Å²) in [6, 6.07) is 12.9. The van der Waals surface area contributed by atoms with E-state index in [0.29, 0.717) is 36.4 Å². The molecule has 1 aliphatic rings. The summed E-state index contributed by atoms with van der Waals surface area (Å²) in [4.78, 5) is 29.0. The van der Waals surface area contributed by atoms with Crippen LogP contribution in [0.3, 0.4) is 0 Å². The van der Waals surface area contributed by atoms with Crippen molar-refractivity contribution in [2.75, 3.05) is 11.9 Å². The third kappa shape index (κ3) is 3.78. The maximum atomic E-state index is 13.7. The highest BCUT2D eigenvalue weighted by atomic mass is 19.1. The normalized spacial score (nSPS) is 15.8. The highest BCUT2D eigenvalue weighted by Gasteiger charge is 2.25. The summed E-state index contributed by atoms with van der Waals surface area (Å²) < 4.78 is 19.2. The van der Waals surface area contributed by atoms with Gasteiger partial charge in [-0.05, 0) is 43.2 Å². The molecule has 7 heteroatoms. The van der Waals surface area contributed by atoms with Crippen LogP contribution >= 0.6 is 0 Å². The molecule has 1 aromatic heterocycles. The van der Waals surface area contributed by atoms with Gasteiger partial charge >= 0.3 is 11.8 Å². The highest BCUT2D eigenvalue weighted by molar-refractivity contribution is 6.39. The molecule has 0 saturated carbocycles. The van der Waals surface area contributed by atoms with Gasteiger partial charge in [-0.15, -0.1) is 0 Å². The number of nitrogens with one attached hydrogen (secondary N) is 2. The van der Waals surface area contributed by atoms with E-state index in [1.807, 2.05) is 24.3 Å². The van der Waals surface area contributed by atoms with Gasteiger partial charge in [0.05, 0.1) is 30.0 Å². The SMILES string of the molecule is O=C(Nc1cnc2ccccc2c1)C(=O)N[C@H]1CCCOc2ccc(F)cc21. The predicted octanol–water partition coefficient (Wildman–Crippen LogP) is 3.34. The Morgan fingerprint density at radius 3 is 2.86 bits per heavy atom. The maximum absolute atomic E-state index is 13.7. The number of amides is 2. The number of hydrogen-bond acceptors (Lipinski definition) is 4. The number of rotatable bonds is 2. The first-order valence-corrected chi connectivity index (χ1v) is 8.99. The summed E-state index contributed by atoms with van der Waals surface area (Å²) >= 11 is 0. The summed E-state index contributed by atoms with van der Waals surface area (Å²) in [5.41, 5.74) is 1.75. The lowest BCUT2D eigenvalue weighted by Crippen LogP contribution is -2.37. The van der Waals surface area contributed by atoms with Crippen LogP contribution in [-0.4, -0.2) is 23.4 Å². The van der Waals surface area contributed by atoms with Crippen molar-refractivity contribution in [2.24, 2.45) is 0 Å². The zero-order valence-electron chi connectivity index (χ0n) is 14.9. The monoisotopic (exact) mass is 379 g/mol. The van der Waals surface area contributed by atoms with Gasteiger partial charge in [0.25, 0.3) is 0 Å². The lowest BCUT2D eigenvalue weighted by Gasteiger charge is -2.18. The van der Waals surface area contributed by atoms with Crippen LogP contribution in [0.2, 0.25) is 0 Å². The van der Waals surface area contributed by atoms with Crippen molar-refractivity contribution in [1.82, 2.24) is 10.3 Å². The van der Waals surface area contributed by atoms with Gasteiger partial charge in [0.15, 0.2) is 0 Å². The van der Waals surface area contributed by atoms with Crippen molar-refractivity contribution >= 4 is 28.4 Å². The molecule has 0 saturated heterocycles. The molecule has 0 unspecified atom stereocenters. The number of carbonyl (C=O) groups excluding carboxylic acids is 2. The Labute approximate surface area is 160 Å². The molecule has 0 aliphatic carbocycles. The zero-order valence-corrected chi connectivity index (χ0v) is 14.9. The topological polar surface area (TPSA) is 80.3 Å². The van der Waals surface area contributed by atoms with Crippen molar-refractivity contribution in [1.29, 1.82) is 0 Å². The fourth-order valence-corrected chi connectivity index (χ4v) is 3.25. The Bertz CT molecular complexity index is 1050. The van der Waals surface area contributed by atoms with Crippen LogP contribution in [0.1, 0.15) is 24.4 Å². The standard InChI is InChI=1S/C21H18FN3O3/c22-14-7-8-19-16(11-14)18(6-3-9-28-19)25-21(27)20(26)24-15-10-13-4-1-2-5-17(13)23-12-15/h1-2,4-5,7-8,10-12,18H,3,6,9H2,(H,24,26)(H,25,27)/t18-/m0/s1. The number of halogens is 1. The van der Waals surface area contributed by atoms with Gasteiger partial charge in [0.2, 0.25) is 0 Å². The van der Waals surface area contributed by atoms with Crippen LogP contribution in [0.15, 0.2) is 54.7 Å². The van der Waals surface area contributed by atoms with E-state index in [1.54, 1.807) is 6.07 Å². The average molecular weight is 379 g/mol. The molecule has 0 spiro atoms. The van der Waals surface area contributed by atoms with Crippen LogP contribution in [0.25, 0.3) is 10.9 Å². The Morgan fingerprint density at radius 1 is 1.11 bits per heavy atom. The minimum Gasteiger partial charge on any atom is -0.493 e. The second-order valence-corrected chi connectivity index (χ2v) is 6.57. The number of pyridine rings is 1. The molecule has 2 aromatic carbocycles. The van der Waals surface area contributed by atoms with E-state index in [-0.39, 0.29) is 0 Å². The number of benzene rings is 2. The molecule has 3 aromatic rings. The maximum Gasteiger partial charge on any atom is 0.313 e. The number of hydrogen-bond donors (Lipinski definition) is 2. The van der Waals surface area contributed by atoms with Crippen molar-refractivity contribution < 1.29 is 18.7 Å². The van der Waals surface area contributed by atoms with Crippen molar-refractivity contribution in [3.63, 3.8) is 0 Å². The molecule has 142 valence electrons. The quantitative estimate of drug-likeness (QED) is 0.669. The summed E-state index contributed by atoms with van der Waals surface area (Å²) in [6.45, 7) is 0.472. The third-order valence-electron chi connectivity index (χ3n) is 4.60. The molecular weight excluding hydrogens is 361 g/mol. The van der Waals surface area contributed by atoms with Gasteiger partial charge in [0.1, 0.15) is 11.6 Å². The molecule has 2 amide bonds. The van der Waals surface area contributed by atoms with E-state index < -0.39 is 23.7 Å². The van der Waals surface area contributed by atoms with Crippen LogP contribution < -0.4 is 15.4 Å². The molecule has 0 bridgehead atoms. The summed E-state index contributed by atoms with van der Waals surface area (Å²) in [5.74, 6) is -1.51. The Balaban J connectivity index is 1.48. The molecule has 1 atom stereocenters. The Kier molecular flexibility index (Phi) is 4.89. The molecule has 4 rings (SSSR count). The Morgan fingerprint density at radius 2 is 1.96 bits per heavy atom. The molecule has 6 nitrogen and oxygen atoms in total. The molecule has 0 radical (unpaired) electrons.